The molecule has 1 rings (SSSR count). The fourth-order valence-electron chi connectivity index (χ4n) is 1.01. The van der Waals surface area contributed by atoms with Gasteiger partial charge in [-0.05, 0) is 12.1 Å². The number of rotatable bonds is 2. The minimum Gasteiger partial charge on any atom is -0.331 e. The smallest absolute Gasteiger partial charge is 0.254 e. The van der Waals surface area contributed by atoms with Crippen molar-refractivity contribution in [2.24, 2.45) is 0 Å². The first-order valence-electron chi connectivity index (χ1n) is 3.99. The Morgan fingerprint density at radius 1 is 1.46 bits per heavy atom. The van der Waals surface area contributed by atoms with Gasteiger partial charge in [-0.1, -0.05) is 24.1 Å². The molecule has 0 saturated heterocycles. The second kappa shape index (κ2) is 4.32. The number of nitrogens with zero attached hydrogens (tertiary/aromatic N) is 1. The summed E-state index contributed by atoms with van der Waals surface area (Å²) in [6.45, 7) is 0.341. The summed E-state index contributed by atoms with van der Waals surface area (Å²) < 4.78 is 0. The first-order valence-corrected chi connectivity index (χ1v) is 3.99. The van der Waals surface area contributed by atoms with Crippen molar-refractivity contribution in [1.82, 2.24) is 4.90 Å². The lowest BCUT2D eigenvalue weighted by Gasteiger charge is -2.13. The summed E-state index contributed by atoms with van der Waals surface area (Å²) in [7, 11) is 1.69. The first-order chi connectivity index (χ1) is 6.25. The zero-order valence-corrected chi connectivity index (χ0v) is 7.53. The van der Waals surface area contributed by atoms with E-state index in [2.05, 4.69) is 5.92 Å². The van der Waals surface area contributed by atoms with E-state index in [1.807, 2.05) is 18.2 Å². The highest BCUT2D eigenvalue weighted by molar-refractivity contribution is 5.94. The second-order valence-electron chi connectivity index (χ2n) is 2.73. The van der Waals surface area contributed by atoms with Gasteiger partial charge in [0.05, 0.1) is 6.54 Å². The third-order valence-electron chi connectivity index (χ3n) is 1.70. The molecule has 0 radical (unpaired) electrons. The van der Waals surface area contributed by atoms with Gasteiger partial charge in [0.1, 0.15) is 0 Å². The molecule has 0 aliphatic carbocycles. The Bertz CT molecular complexity index is 324. The zero-order valence-electron chi connectivity index (χ0n) is 7.53. The van der Waals surface area contributed by atoms with E-state index in [1.54, 1.807) is 19.2 Å². The van der Waals surface area contributed by atoms with Crippen molar-refractivity contribution < 1.29 is 4.79 Å². The van der Waals surface area contributed by atoms with Gasteiger partial charge < -0.3 is 4.90 Å². The largest absolute Gasteiger partial charge is 0.331 e. The van der Waals surface area contributed by atoms with Crippen LogP contribution in [0.2, 0.25) is 0 Å². The van der Waals surface area contributed by atoms with Gasteiger partial charge in [-0.2, -0.15) is 0 Å². The fraction of sp³-hybridized carbons (Fsp3) is 0.182. The third kappa shape index (κ3) is 2.34. The van der Waals surface area contributed by atoms with Crippen LogP contribution in [0.4, 0.5) is 0 Å². The standard InChI is InChI=1S/C11H11NO/c1-3-9-12(2)11(13)10-7-5-4-6-8-10/h1,4-8H,9H2,2H3. The molecule has 2 heteroatoms. The van der Waals surface area contributed by atoms with E-state index in [0.717, 1.165) is 0 Å². The Morgan fingerprint density at radius 2 is 2.08 bits per heavy atom. The van der Waals surface area contributed by atoms with Gasteiger partial charge in [-0.15, -0.1) is 6.42 Å². The van der Waals surface area contributed by atoms with Crippen LogP contribution in [0, 0.1) is 12.3 Å². The molecule has 0 atom stereocenters. The molecule has 1 amide bonds. The van der Waals surface area contributed by atoms with E-state index >= 15 is 0 Å². The molecule has 0 aromatic heterocycles. The molecule has 2 nitrogen and oxygen atoms in total. The van der Waals surface area contributed by atoms with Crippen LogP contribution in [0.15, 0.2) is 30.3 Å². The molecule has 0 unspecified atom stereocenters. The second-order valence-corrected chi connectivity index (χ2v) is 2.73. The Kier molecular flexibility index (Phi) is 3.10. The molecular weight excluding hydrogens is 162 g/mol. The lowest BCUT2D eigenvalue weighted by molar-refractivity contribution is 0.0812. The van der Waals surface area contributed by atoms with E-state index < -0.39 is 0 Å². The fourth-order valence-corrected chi connectivity index (χ4v) is 1.01. The summed E-state index contributed by atoms with van der Waals surface area (Å²) in [4.78, 5) is 13.1. The lowest BCUT2D eigenvalue weighted by atomic mass is 10.2. The zero-order chi connectivity index (χ0) is 9.68. The molecule has 0 aliphatic heterocycles. The maximum Gasteiger partial charge on any atom is 0.254 e. The maximum absolute atomic E-state index is 11.6. The first kappa shape index (κ1) is 9.34. The Morgan fingerprint density at radius 3 is 2.62 bits per heavy atom. The van der Waals surface area contributed by atoms with Crippen molar-refractivity contribution in [1.29, 1.82) is 0 Å². The maximum atomic E-state index is 11.6. The van der Waals surface area contributed by atoms with E-state index in [9.17, 15) is 4.79 Å². The number of benzene rings is 1. The Hall–Kier alpha value is -1.75. The van der Waals surface area contributed by atoms with Crippen LogP contribution in [-0.4, -0.2) is 24.4 Å². The summed E-state index contributed by atoms with van der Waals surface area (Å²) in [6.07, 6.45) is 5.10. The summed E-state index contributed by atoms with van der Waals surface area (Å²) in [6, 6.07) is 9.08. The number of hydrogen-bond donors (Lipinski definition) is 0. The number of hydrogen-bond acceptors (Lipinski definition) is 1. The van der Waals surface area contributed by atoms with E-state index in [4.69, 9.17) is 6.42 Å². The predicted octanol–water partition coefficient (Wildman–Crippen LogP) is 1.39. The number of carbonyl (C=O) groups excluding carboxylic acids is 1. The van der Waals surface area contributed by atoms with Gasteiger partial charge in [0.15, 0.2) is 0 Å². The minimum atomic E-state index is -0.0430. The SMILES string of the molecule is C#CCN(C)C(=O)c1ccccc1. The highest BCUT2D eigenvalue weighted by Gasteiger charge is 2.08. The highest BCUT2D eigenvalue weighted by atomic mass is 16.2. The molecular formula is C11H11NO. The van der Waals surface area contributed by atoms with Gasteiger partial charge in [0, 0.05) is 12.6 Å². The van der Waals surface area contributed by atoms with E-state index in [0.29, 0.717) is 12.1 Å². The van der Waals surface area contributed by atoms with Crippen molar-refractivity contribution in [2.45, 2.75) is 0 Å². The molecule has 66 valence electrons. The Labute approximate surface area is 78.2 Å². The number of terminal acetylenes is 1. The molecule has 0 spiro atoms. The molecule has 0 heterocycles. The van der Waals surface area contributed by atoms with Crippen LogP contribution in [0.1, 0.15) is 10.4 Å². The molecule has 0 bridgehead atoms. The minimum absolute atomic E-state index is 0.0430. The average Bonchev–Trinajstić information content (AvgIpc) is 2.18. The van der Waals surface area contributed by atoms with Gasteiger partial charge in [-0.25, -0.2) is 0 Å². The van der Waals surface area contributed by atoms with Crippen LogP contribution in [0.25, 0.3) is 0 Å². The normalized spacial score (nSPS) is 8.92. The highest BCUT2D eigenvalue weighted by Crippen LogP contribution is 2.01. The predicted molar refractivity (Wildman–Crippen MR) is 52.2 cm³/mol. The summed E-state index contributed by atoms with van der Waals surface area (Å²) in [5.74, 6) is 2.38. The molecule has 13 heavy (non-hydrogen) atoms. The van der Waals surface area contributed by atoms with Gasteiger partial charge >= 0.3 is 0 Å². The molecule has 0 aliphatic rings. The summed E-state index contributed by atoms with van der Waals surface area (Å²) >= 11 is 0. The van der Waals surface area contributed by atoms with Crippen LogP contribution >= 0.6 is 0 Å². The van der Waals surface area contributed by atoms with E-state index in [1.165, 1.54) is 4.90 Å². The van der Waals surface area contributed by atoms with Gasteiger partial charge in [0.25, 0.3) is 5.91 Å². The van der Waals surface area contributed by atoms with Crippen LogP contribution in [0.3, 0.4) is 0 Å². The van der Waals surface area contributed by atoms with Crippen LogP contribution < -0.4 is 0 Å². The van der Waals surface area contributed by atoms with Gasteiger partial charge in [-0.3, -0.25) is 4.79 Å². The van der Waals surface area contributed by atoms with Crippen molar-refractivity contribution in [2.75, 3.05) is 13.6 Å². The van der Waals surface area contributed by atoms with Gasteiger partial charge in [0.2, 0.25) is 0 Å². The van der Waals surface area contributed by atoms with Crippen molar-refractivity contribution in [3.63, 3.8) is 0 Å². The topological polar surface area (TPSA) is 20.3 Å². The molecule has 1 aromatic rings. The number of carbonyl (C=O) groups is 1. The monoisotopic (exact) mass is 173 g/mol. The van der Waals surface area contributed by atoms with Crippen LogP contribution in [0.5, 0.6) is 0 Å². The van der Waals surface area contributed by atoms with Crippen molar-refractivity contribution >= 4 is 5.91 Å². The number of amides is 1. The summed E-state index contributed by atoms with van der Waals surface area (Å²) in [5.41, 5.74) is 0.667. The quantitative estimate of drug-likeness (QED) is 0.619. The van der Waals surface area contributed by atoms with E-state index in [-0.39, 0.29) is 5.91 Å². The molecule has 0 fully saturated rings. The van der Waals surface area contributed by atoms with Crippen molar-refractivity contribution in [3.05, 3.63) is 35.9 Å². The van der Waals surface area contributed by atoms with Crippen LogP contribution in [-0.2, 0) is 0 Å². The molecule has 1 aromatic carbocycles. The molecule has 0 saturated carbocycles. The Balaban J connectivity index is 2.75. The average molecular weight is 173 g/mol. The van der Waals surface area contributed by atoms with Crippen molar-refractivity contribution in [3.8, 4) is 12.3 Å². The summed E-state index contributed by atoms with van der Waals surface area (Å²) in [5, 5.41) is 0. The lowest BCUT2D eigenvalue weighted by Crippen LogP contribution is -2.26. The third-order valence-corrected chi connectivity index (χ3v) is 1.70. The molecule has 0 N–H and O–H groups in total.